The summed E-state index contributed by atoms with van der Waals surface area (Å²) in [4.78, 5) is 8.19. The van der Waals surface area contributed by atoms with Gasteiger partial charge < -0.3 is 5.73 Å². The molecule has 0 unspecified atom stereocenters. The van der Waals surface area contributed by atoms with Gasteiger partial charge in [0, 0.05) is 25.2 Å². The SMILES string of the molecule is Cc1cnc(N)nc1[C@@H]1CCCN(S(C)(=O)=O)C1. The number of nitrogens with zero attached hydrogens (tertiary/aromatic N) is 3. The number of nitrogen functional groups attached to an aromatic ring is 1. The molecule has 0 spiro atoms. The van der Waals surface area contributed by atoms with Crippen LogP contribution in [0, 0.1) is 6.92 Å². The minimum Gasteiger partial charge on any atom is -0.368 e. The smallest absolute Gasteiger partial charge is 0.220 e. The van der Waals surface area contributed by atoms with Crippen LogP contribution in [0.3, 0.4) is 0 Å². The average molecular weight is 270 g/mol. The van der Waals surface area contributed by atoms with Gasteiger partial charge in [-0.15, -0.1) is 0 Å². The molecular weight excluding hydrogens is 252 g/mol. The lowest BCUT2D eigenvalue weighted by Crippen LogP contribution is -2.38. The van der Waals surface area contributed by atoms with Crippen molar-refractivity contribution in [3.63, 3.8) is 0 Å². The molecule has 0 saturated carbocycles. The van der Waals surface area contributed by atoms with Gasteiger partial charge in [0.05, 0.1) is 11.9 Å². The summed E-state index contributed by atoms with van der Waals surface area (Å²) in [6, 6.07) is 0. The molecule has 2 rings (SSSR count). The van der Waals surface area contributed by atoms with Crippen molar-refractivity contribution in [2.75, 3.05) is 25.1 Å². The third-order valence-corrected chi connectivity index (χ3v) is 4.54. The first-order valence-electron chi connectivity index (χ1n) is 5.92. The van der Waals surface area contributed by atoms with E-state index in [2.05, 4.69) is 9.97 Å². The van der Waals surface area contributed by atoms with Gasteiger partial charge >= 0.3 is 0 Å². The predicted octanol–water partition coefficient (Wildman–Crippen LogP) is 0.506. The van der Waals surface area contributed by atoms with Crippen LogP contribution >= 0.6 is 0 Å². The number of hydrogen-bond donors (Lipinski definition) is 1. The van der Waals surface area contributed by atoms with Gasteiger partial charge in [0.1, 0.15) is 0 Å². The first-order valence-corrected chi connectivity index (χ1v) is 7.77. The molecule has 1 saturated heterocycles. The maximum Gasteiger partial charge on any atom is 0.220 e. The molecule has 0 aromatic carbocycles. The van der Waals surface area contributed by atoms with E-state index in [1.54, 1.807) is 6.20 Å². The maximum absolute atomic E-state index is 11.6. The van der Waals surface area contributed by atoms with Gasteiger partial charge in [-0.1, -0.05) is 0 Å². The maximum atomic E-state index is 11.6. The zero-order valence-electron chi connectivity index (χ0n) is 10.6. The van der Waals surface area contributed by atoms with Crippen LogP contribution in [0.25, 0.3) is 0 Å². The number of aromatic nitrogens is 2. The van der Waals surface area contributed by atoms with Crippen LogP contribution in [0.15, 0.2) is 6.20 Å². The standard InChI is InChI=1S/C11H18N4O2S/c1-8-6-13-11(12)14-10(8)9-4-3-5-15(7-9)18(2,16)17/h6,9H,3-5,7H2,1-2H3,(H2,12,13,14)/t9-/m1/s1. The first-order chi connectivity index (χ1) is 8.38. The second-order valence-electron chi connectivity index (χ2n) is 4.76. The van der Waals surface area contributed by atoms with Crippen molar-refractivity contribution in [2.24, 2.45) is 0 Å². The molecule has 18 heavy (non-hydrogen) atoms. The van der Waals surface area contributed by atoms with Crippen molar-refractivity contribution in [3.8, 4) is 0 Å². The molecule has 0 radical (unpaired) electrons. The third kappa shape index (κ3) is 2.78. The minimum absolute atomic E-state index is 0.110. The summed E-state index contributed by atoms with van der Waals surface area (Å²) in [5.74, 6) is 0.353. The fourth-order valence-electron chi connectivity index (χ4n) is 2.35. The summed E-state index contributed by atoms with van der Waals surface area (Å²) in [5, 5.41) is 0. The van der Waals surface area contributed by atoms with Crippen molar-refractivity contribution < 1.29 is 8.42 Å². The van der Waals surface area contributed by atoms with E-state index in [0.29, 0.717) is 13.1 Å². The Morgan fingerprint density at radius 2 is 2.22 bits per heavy atom. The van der Waals surface area contributed by atoms with Crippen LogP contribution in [0.1, 0.15) is 30.0 Å². The predicted molar refractivity (Wildman–Crippen MR) is 69.6 cm³/mol. The van der Waals surface area contributed by atoms with Crippen molar-refractivity contribution in [3.05, 3.63) is 17.5 Å². The second-order valence-corrected chi connectivity index (χ2v) is 6.74. The fourth-order valence-corrected chi connectivity index (χ4v) is 3.26. The van der Waals surface area contributed by atoms with Gasteiger partial charge in [0.25, 0.3) is 0 Å². The van der Waals surface area contributed by atoms with Crippen LogP contribution in [-0.2, 0) is 10.0 Å². The summed E-state index contributed by atoms with van der Waals surface area (Å²) in [6.45, 7) is 3.00. The summed E-state index contributed by atoms with van der Waals surface area (Å²) in [7, 11) is -3.13. The van der Waals surface area contributed by atoms with Crippen molar-refractivity contribution in [2.45, 2.75) is 25.7 Å². The largest absolute Gasteiger partial charge is 0.368 e. The number of rotatable bonds is 2. The molecule has 100 valence electrons. The molecule has 1 aromatic heterocycles. The summed E-state index contributed by atoms with van der Waals surface area (Å²) >= 11 is 0. The molecule has 6 nitrogen and oxygen atoms in total. The topological polar surface area (TPSA) is 89.2 Å². The lowest BCUT2D eigenvalue weighted by molar-refractivity contribution is 0.314. The van der Waals surface area contributed by atoms with E-state index in [1.807, 2.05) is 6.92 Å². The fraction of sp³-hybridized carbons (Fsp3) is 0.636. The normalized spacial score (nSPS) is 22.0. The number of hydrogen-bond acceptors (Lipinski definition) is 5. The average Bonchev–Trinajstić information content (AvgIpc) is 2.31. The van der Waals surface area contributed by atoms with E-state index in [9.17, 15) is 8.42 Å². The molecule has 2 N–H and O–H groups in total. The number of piperidine rings is 1. The highest BCUT2D eigenvalue weighted by Crippen LogP contribution is 2.28. The molecule has 0 amide bonds. The van der Waals surface area contributed by atoms with E-state index in [4.69, 9.17) is 5.73 Å². The van der Waals surface area contributed by atoms with Gasteiger partial charge in [0.2, 0.25) is 16.0 Å². The molecule has 1 aliphatic rings. The Bertz CT molecular complexity index is 544. The number of anilines is 1. The van der Waals surface area contributed by atoms with Gasteiger partial charge in [-0.05, 0) is 25.3 Å². The molecule has 0 aliphatic carbocycles. The Morgan fingerprint density at radius 1 is 1.50 bits per heavy atom. The Kier molecular flexibility index (Phi) is 3.54. The van der Waals surface area contributed by atoms with Crippen molar-refractivity contribution >= 4 is 16.0 Å². The molecule has 1 aromatic rings. The molecule has 0 bridgehead atoms. The second kappa shape index (κ2) is 4.81. The minimum atomic E-state index is -3.13. The summed E-state index contributed by atoms with van der Waals surface area (Å²) in [6.07, 6.45) is 4.72. The number of aryl methyl sites for hydroxylation is 1. The quantitative estimate of drug-likeness (QED) is 0.845. The van der Waals surface area contributed by atoms with Gasteiger partial charge in [-0.2, -0.15) is 0 Å². The Labute approximate surface area is 107 Å². The van der Waals surface area contributed by atoms with Crippen LogP contribution in [0.4, 0.5) is 5.95 Å². The van der Waals surface area contributed by atoms with Gasteiger partial charge in [0.15, 0.2) is 0 Å². The van der Waals surface area contributed by atoms with Crippen molar-refractivity contribution in [1.82, 2.24) is 14.3 Å². The first kappa shape index (κ1) is 13.2. The molecular formula is C11H18N4O2S. The molecule has 7 heteroatoms. The zero-order chi connectivity index (χ0) is 13.3. The van der Waals surface area contributed by atoms with E-state index in [-0.39, 0.29) is 11.9 Å². The number of nitrogens with two attached hydrogens (primary N) is 1. The Balaban J connectivity index is 2.26. The Morgan fingerprint density at radius 3 is 2.89 bits per heavy atom. The summed E-state index contributed by atoms with van der Waals surface area (Å²) < 4.78 is 24.7. The van der Waals surface area contributed by atoms with Crippen LogP contribution in [0.2, 0.25) is 0 Å². The third-order valence-electron chi connectivity index (χ3n) is 3.27. The monoisotopic (exact) mass is 270 g/mol. The lowest BCUT2D eigenvalue weighted by Gasteiger charge is -2.31. The van der Waals surface area contributed by atoms with Crippen molar-refractivity contribution in [1.29, 1.82) is 0 Å². The van der Waals surface area contributed by atoms with E-state index >= 15 is 0 Å². The molecule has 1 atom stereocenters. The highest BCUT2D eigenvalue weighted by molar-refractivity contribution is 7.88. The Hall–Kier alpha value is -1.21. The molecule has 1 fully saturated rings. The zero-order valence-corrected chi connectivity index (χ0v) is 11.4. The van der Waals surface area contributed by atoms with E-state index in [0.717, 1.165) is 24.1 Å². The van der Waals surface area contributed by atoms with Crippen LogP contribution in [0.5, 0.6) is 0 Å². The van der Waals surface area contributed by atoms with E-state index < -0.39 is 10.0 Å². The molecule has 2 heterocycles. The van der Waals surface area contributed by atoms with Gasteiger partial charge in [-0.25, -0.2) is 22.7 Å². The highest BCUT2D eigenvalue weighted by Gasteiger charge is 2.28. The highest BCUT2D eigenvalue weighted by atomic mass is 32.2. The van der Waals surface area contributed by atoms with E-state index in [1.165, 1.54) is 10.6 Å². The number of sulfonamides is 1. The van der Waals surface area contributed by atoms with Crippen LogP contribution < -0.4 is 5.73 Å². The lowest BCUT2D eigenvalue weighted by atomic mass is 9.93. The van der Waals surface area contributed by atoms with Crippen LogP contribution in [-0.4, -0.2) is 42.0 Å². The van der Waals surface area contributed by atoms with Gasteiger partial charge in [-0.3, -0.25) is 0 Å². The molecule has 1 aliphatic heterocycles. The summed E-state index contributed by atoms with van der Waals surface area (Å²) in [5.41, 5.74) is 7.43.